The monoisotopic (exact) mass is 612 g/mol. The van der Waals surface area contributed by atoms with E-state index in [0.717, 1.165) is 0 Å². The van der Waals surface area contributed by atoms with E-state index < -0.39 is 23.0 Å². The molecule has 1 atom stereocenters. The highest BCUT2D eigenvalue weighted by Crippen LogP contribution is 2.38. The molecule has 0 fully saturated rings. The molecular weight excluding hydrogens is 588 g/mol. The molecule has 0 heterocycles. The predicted octanol–water partition coefficient (Wildman–Crippen LogP) is 6.88. The minimum atomic E-state index is -1.21. The zero-order valence-electron chi connectivity index (χ0n) is 23.5. The van der Waals surface area contributed by atoms with E-state index in [0.29, 0.717) is 21.7 Å². The Kier molecular flexibility index (Phi) is 8.09. The summed E-state index contributed by atoms with van der Waals surface area (Å²) in [6, 6.07) is 33.3. The maximum absolute atomic E-state index is 13.9. The van der Waals surface area contributed by atoms with Crippen LogP contribution in [0.3, 0.4) is 0 Å². The number of fused-ring (bicyclic) bond motifs is 2. The second-order valence-corrected chi connectivity index (χ2v) is 11.3. The second-order valence-electron chi connectivity index (χ2n) is 10.2. The van der Waals surface area contributed by atoms with Crippen LogP contribution in [0.5, 0.6) is 0 Å². The fourth-order valence-corrected chi connectivity index (χ4v) is 6.28. The number of anilines is 2. The Morgan fingerprint density at radius 1 is 0.622 bits per heavy atom. The highest BCUT2D eigenvalue weighted by Gasteiger charge is 2.32. The standard InChI is InChI=1S/C36H24N2O6S/c39-31-24-14-4-5-15-25(24)32(40)30-28(31)18-9-19-29(30)38-35(42)33(21-10-2-1-3-11-21)45-23-13-8-12-22(20-23)37-34(41)26-16-6-7-17-27(26)36(43)44/h1-20,33H,(H,37,41)(H,38,42)(H,43,44). The molecule has 45 heavy (non-hydrogen) atoms. The van der Waals surface area contributed by atoms with Gasteiger partial charge < -0.3 is 15.7 Å². The van der Waals surface area contributed by atoms with E-state index in [-0.39, 0.29) is 45.1 Å². The Labute approximate surface area is 262 Å². The van der Waals surface area contributed by atoms with Gasteiger partial charge >= 0.3 is 5.97 Å². The first-order valence-corrected chi connectivity index (χ1v) is 14.8. The summed E-state index contributed by atoms with van der Waals surface area (Å²) in [6.07, 6.45) is 0. The van der Waals surface area contributed by atoms with Crippen LogP contribution < -0.4 is 10.6 Å². The Morgan fingerprint density at radius 3 is 1.98 bits per heavy atom. The molecule has 9 heteroatoms. The second kappa shape index (κ2) is 12.4. The Morgan fingerprint density at radius 2 is 1.24 bits per heavy atom. The summed E-state index contributed by atoms with van der Waals surface area (Å²) in [5, 5.41) is 14.3. The third-order valence-corrected chi connectivity index (χ3v) is 8.55. The molecular formula is C36H24N2O6S. The largest absolute Gasteiger partial charge is 0.478 e. The zero-order chi connectivity index (χ0) is 31.5. The van der Waals surface area contributed by atoms with Gasteiger partial charge in [-0.1, -0.05) is 84.9 Å². The van der Waals surface area contributed by atoms with Crippen LogP contribution in [0.2, 0.25) is 0 Å². The average Bonchev–Trinajstić information content (AvgIpc) is 3.06. The van der Waals surface area contributed by atoms with Gasteiger partial charge in [-0.05, 0) is 42.0 Å². The lowest BCUT2D eigenvalue weighted by Gasteiger charge is -2.22. The summed E-state index contributed by atoms with van der Waals surface area (Å²) >= 11 is 1.23. The summed E-state index contributed by atoms with van der Waals surface area (Å²) < 4.78 is 0. The van der Waals surface area contributed by atoms with Crippen molar-refractivity contribution >= 4 is 52.5 Å². The first-order valence-electron chi connectivity index (χ1n) is 13.9. The van der Waals surface area contributed by atoms with Gasteiger partial charge in [-0.25, -0.2) is 4.79 Å². The Bertz CT molecular complexity index is 2010. The summed E-state index contributed by atoms with van der Waals surface area (Å²) in [6.45, 7) is 0. The molecule has 0 saturated heterocycles. The molecule has 6 rings (SSSR count). The third-order valence-electron chi connectivity index (χ3n) is 7.30. The molecule has 0 aliphatic heterocycles. The molecule has 0 saturated carbocycles. The van der Waals surface area contributed by atoms with Crippen LogP contribution in [-0.2, 0) is 4.79 Å². The normalized spacial score (nSPS) is 12.4. The number of carbonyl (C=O) groups is 5. The fourth-order valence-electron chi connectivity index (χ4n) is 5.20. The van der Waals surface area contributed by atoms with Crippen molar-refractivity contribution in [2.24, 2.45) is 0 Å². The highest BCUT2D eigenvalue weighted by atomic mass is 32.2. The number of carboxylic acid groups (broad SMARTS) is 1. The number of hydrogen-bond donors (Lipinski definition) is 3. The average molecular weight is 613 g/mol. The van der Waals surface area contributed by atoms with E-state index >= 15 is 0 Å². The molecule has 1 aliphatic carbocycles. The molecule has 2 amide bonds. The van der Waals surface area contributed by atoms with Crippen molar-refractivity contribution in [3.05, 3.63) is 160 Å². The van der Waals surface area contributed by atoms with E-state index in [4.69, 9.17) is 0 Å². The van der Waals surface area contributed by atoms with Crippen LogP contribution in [0.25, 0.3) is 0 Å². The number of carboxylic acids is 1. The Hall–Kier alpha value is -5.80. The molecule has 1 aliphatic rings. The van der Waals surface area contributed by atoms with Crippen LogP contribution in [0, 0.1) is 0 Å². The van der Waals surface area contributed by atoms with Gasteiger partial charge in [-0.2, -0.15) is 0 Å². The predicted molar refractivity (Wildman–Crippen MR) is 171 cm³/mol. The van der Waals surface area contributed by atoms with Gasteiger partial charge in [0, 0.05) is 27.3 Å². The number of nitrogens with one attached hydrogen (secondary N) is 2. The maximum atomic E-state index is 13.9. The summed E-state index contributed by atoms with van der Waals surface area (Å²) in [5.41, 5.74) is 2.25. The number of thioether (sulfide) groups is 1. The topological polar surface area (TPSA) is 130 Å². The summed E-state index contributed by atoms with van der Waals surface area (Å²) in [4.78, 5) is 65.8. The van der Waals surface area contributed by atoms with Crippen molar-refractivity contribution in [3.8, 4) is 0 Å². The Balaban J connectivity index is 1.28. The molecule has 220 valence electrons. The maximum Gasteiger partial charge on any atom is 0.336 e. The molecule has 1 unspecified atom stereocenters. The lowest BCUT2D eigenvalue weighted by molar-refractivity contribution is -0.115. The summed E-state index contributed by atoms with van der Waals surface area (Å²) in [5.74, 6) is -2.83. The molecule has 3 N–H and O–H groups in total. The van der Waals surface area contributed by atoms with Gasteiger partial charge in [-0.3, -0.25) is 19.2 Å². The van der Waals surface area contributed by atoms with Crippen molar-refractivity contribution in [2.75, 3.05) is 10.6 Å². The minimum Gasteiger partial charge on any atom is -0.478 e. The van der Waals surface area contributed by atoms with Gasteiger partial charge in [-0.15, -0.1) is 11.8 Å². The lowest BCUT2D eigenvalue weighted by atomic mass is 9.83. The lowest BCUT2D eigenvalue weighted by Crippen LogP contribution is -2.25. The number of carbonyl (C=O) groups excluding carboxylic acids is 4. The van der Waals surface area contributed by atoms with Crippen molar-refractivity contribution in [3.63, 3.8) is 0 Å². The van der Waals surface area contributed by atoms with E-state index in [1.165, 1.54) is 23.9 Å². The number of benzene rings is 5. The molecule has 5 aromatic carbocycles. The molecule has 0 spiro atoms. The molecule has 5 aromatic rings. The van der Waals surface area contributed by atoms with Gasteiger partial charge in [0.25, 0.3) is 5.91 Å². The smallest absolute Gasteiger partial charge is 0.336 e. The first-order chi connectivity index (χ1) is 21.8. The SMILES string of the molecule is O=C(O)c1ccccc1C(=O)Nc1cccc(SC(C(=O)Nc2cccc3c2C(=O)c2ccccc2C3=O)c2ccccc2)c1. The van der Waals surface area contributed by atoms with E-state index in [1.807, 2.05) is 30.3 Å². The van der Waals surface area contributed by atoms with E-state index in [9.17, 15) is 29.1 Å². The third kappa shape index (κ3) is 5.89. The molecule has 0 radical (unpaired) electrons. The molecule has 8 nitrogen and oxygen atoms in total. The number of aromatic carboxylic acids is 1. The fraction of sp³-hybridized carbons (Fsp3) is 0.0278. The van der Waals surface area contributed by atoms with E-state index in [2.05, 4.69) is 10.6 Å². The van der Waals surface area contributed by atoms with Gasteiger partial charge in [0.2, 0.25) is 5.91 Å². The van der Waals surface area contributed by atoms with Crippen LogP contribution in [0.4, 0.5) is 11.4 Å². The van der Waals surface area contributed by atoms with Gasteiger partial charge in [0.15, 0.2) is 11.6 Å². The number of ketones is 2. The van der Waals surface area contributed by atoms with Crippen LogP contribution in [0.15, 0.2) is 126 Å². The summed E-state index contributed by atoms with van der Waals surface area (Å²) in [7, 11) is 0. The van der Waals surface area contributed by atoms with Gasteiger partial charge in [0.1, 0.15) is 5.25 Å². The quantitative estimate of drug-likeness (QED) is 0.160. The van der Waals surface area contributed by atoms with Crippen LogP contribution in [-0.4, -0.2) is 34.5 Å². The number of amides is 2. The van der Waals surface area contributed by atoms with Crippen molar-refractivity contribution in [1.29, 1.82) is 0 Å². The number of rotatable bonds is 8. The zero-order valence-corrected chi connectivity index (χ0v) is 24.3. The number of hydrogen-bond acceptors (Lipinski definition) is 6. The minimum absolute atomic E-state index is 0.0199. The van der Waals surface area contributed by atoms with E-state index in [1.54, 1.807) is 78.9 Å². The molecule has 0 aromatic heterocycles. The van der Waals surface area contributed by atoms with Crippen molar-refractivity contribution < 1.29 is 29.1 Å². The van der Waals surface area contributed by atoms with Crippen molar-refractivity contribution in [1.82, 2.24) is 0 Å². The van der Waals surface area contributed by atoms with Crippen molar-refractivity contribution in [2.45, 2.75) is 10.1 Å². The van der Waals surface area contributed by atoms with Crippen LogP contribution >= 0.6 is 11.8 Å². The van der Waals surface area contributed by atoms with Gasteiger partial charge in [0.05, 0.1) is 22.4 Å². The highest BCUT2D eigenvalue weighted by molar-refractivity contribution is 8.00. The molecule has 0 bridgehead atoms. The first kappa shape index (κ1) is 29.3. The van der Waals surface area contributed by atoms with Crippen LogP contribution in [0.1, 0.15) is 63.4 Å².